The third kappa shape index (κ3) is 3.72. The lowest BCUT2D eigenvalue weighted by Crippen LogP contribution is -2.12. The first-order chi connectivity index (χ1) is 13.1. The van der Waals surface area contributed by atoms with Gasteiger partial charge in [0.05, 0.1) is 27.0 Å². The largest absolute Gasteiger partial charge is 0.493 e. The molecule has 0 atom stereocenters. The number of aryl methyl sites for hydroxylation is 1. The monoisotopic (exact) mass is 367 g/mol. The Morgan fingerprint density at radius 2 is 1.59 bits per heavy atom. The van der Waals surface area contributed by atoms with Gasteiger partial charge in [0.1, 0.15) is 0 Å². The molecule has 7 nitrogen and oxygen atoms in total. The zero-order chi connectivity index (χ0) is 19.4. The second-order valence-electron chi connectivity index (χ2n) is 5.80. The molecule has 0 aliphatic carbocycles. The number of hydrogen-bond donors (Lipinski definition) is 1. The fourth-order valence-electron chi connectivity index (χ4n) is 2.75. The molecule has 0 saturated heterocycles. The van der Waals surface area contributed by atoms with Crippen LogP contribution >= 0.6 is 0 Å². The summed E-state index contributed by atoms with van der Waals surface area (Å²) >= 11 is 0. The molecule has 0 saturated carbocycles. The van der Waals surface area contributed by atoms with Gasteiger partial charge in [-0.05, 0) is 37.3 Å². The Kier molecular flexibility index (Phi) is 5.30. The number of rotatable bonds is 6. The molecular weight excluding hydrogens is 346 g/mol. The SMILES string of the molecule is COc1cc(NC(=O)c2ccc(-n3nccc3C)cc2)cc(OC)c1OC. The van der Waals surface area contributed by atoms with Crippen LogP contribution in [0.15, 0.2) is 48.7 Å². The predicted molar refractivity (Wildman–Crippen MR) is 102 cm³/mol. The van der Waals surface area contributed by atoms with Crippen molar-refractivity contribution in [2.75, 3.05) is 26.6 Å². The third-order valence-corrected chi connectivity index (χ3v) is 4.13. The van der Waals surface area contributed by atoms with Crippen molar-refractivity contribution in [3.05, 3.63) is 59.9 Å². The molecule has 140 valence electrons. The number of methoxy groups -OCH3 is 3. The van der Waals surface area contributed by atoms with E-state index in [0.29, 0.717) is 28.5 Å². The average molecular weight is 367 g/mol. The highest BCUT2D eigenvalue weighted by molar-refractivity contribution is 6.04. The van der Waals surface area contributed by atoms with Crippen molar-refractivity contribution in [3.8, 4) is 22.9 Å². The fraction of sp³-hybridized carbons (Fsp3) is 0.200. The Morgan fingerprint density at radius 3 is 2.07 bits per heavy atom. The Hall–Kier alpha value is -3.48. The molecule has 1 amide bonds. The summed E-state index contributed by atoms with van der Waals surface area (Å²) in [6, 6.07) is 12.5. The van der Waals surface area contributed by atoms with Gasteiger partial charge in [-0.15, -0.1) is 0 Å². The highest BCUT2D eigenvalue weighted by Crippen LogP contribution is 2.40. The summed E-state index contributed by atoms with van der Waals surface area (Å²) < 4.78 is 17.7. The zero-order valence-electron chi connectivity index (χ0n) is 15.6. The zero-order valence-corrected chi connectivity index (χ0v) is 15.6. The number of carbonyl (C=O) groups is 1. The molecular formula is C20H21N3O4. The number of nitrogens with one attached hydrogen (secondary N) is 1. The molecule has 0 spiro atoms. The van der Waals surface area contributed by atoms with Gasteiger partial charge in [-0.3, -0.25) is 4.79 Å². The van der Waals surface area contributed by atoms with Crippen LogP contribution in [0.5, 0.6) is 17.2 Å². The van der Waals surface area contributed by atoms with Crippen LogP contribution in [0.25, 0.3) is 5.69 Å². The molecule has 0 fully saturated rings. The van der Waals surface area contributed by atoms with Crippen molar-refractivity contribution in [1.82, 2.24) is 9.78 Å². The highest BCUT2D eigenvalue weighted by atomic mass is 16.5. The number of amides is 1. The first-order valence-corrected chi connectivity index (χ1v) is 8.29. The molecule has 0 radical (unpaired) electrons. The van der Waals surface area contributed by atoms with E-state index in [-0.39, 0.29) is 5.91 Å². The minimum Gasteiger partial charge on any atom is -0.493 e. The smallest absolute Gasteiger partial charge is 0.255 e. The molecule has 1 aromatic heterocycles. The van der Waals surface area contributed by atoms with Crippen LogP contribution in [0.1, 0.15) is 16.1 Å². The van der Waals surface area contributed by atoms with Gasteiger partial charge in [-0.25, -0.2) is 4.68 Å². The van der Waals surface area contributed by atoms with Crippen molar-refractivity contribution >= 4 is 11.6 Å². The molecule has 0 aliphatic heterocycles. The molecule has 27 heavy (non-hydrogen) atoms. The third-order valence-electron chi connectivity index (χ3n) is 4.13. The average Bonchev–Trinajstić information content (AvgIpc) is 3.13. The van der Waals surface area contributed by atoms with E-state index in [4.69, 9.17) is 14.2 Å². The van der Waals surface area contributed by atoms with E-state index < -0.39 is 0 Å². The van der Waals surface area contributed by atoms with E-state index >= 15 is 0 Å². The van der Waals surface area contributed by atoms with Gasteiger partial charge in [0, 0.05) is 35.3 Å². The van der Waals surface area contributed by atoms with Gasteiger partial charge in [-0.2, -0.15) is 5.10 Å². The lowest BCUT2D eigenvalue weighted by Gasteiger charge is -2.14. The molecule has 1 heterocycles. The summed E-state index contributed by atoms with van der Waals surface area (Å²) in [5.74, 6) is 1.17. The lowest BCUT2D eigenvalue weighted by atomic mass is 10.1. The maximum atomic E-state index is 12.6. The van der Waals surface area contributed by atoms with E-state index in [9.17, 15) is 4.79 Å². The van der Waals surface area contributed by atoms with Crippen LogP contribution in [-0.2, 0) is 0 Å². The highest BCUT2D eigenvalue weighted by Gasteiger charge is 2.15. The first kappa shape index (κ1) is 18.3. The van der Waals surface area contributed by atoms with Gasteiger partial charge in [0.2, 0.25) is 5.75 Å². The Balaban J connectivity index is 1.82. The van der Waals surface area contributed by atoms with Gasteiger partial charge in [0.15, 0.2) is 11.5 Å². The quantitative estimate of drug-likeness (QED) is 0.722. The van der Waals surface area contributed by atoms with Crippen LogP contribution in [0.3, 0.4) is 0 Å². The van der Waals surface area contributed by atoms with E-state index in [2.05, 4.69) is 10.4 Å². The van der Waals surface area contributed by atoms with E-state index in [1.807, 2.05) is 25.1 Å². The Morgan fingerprint density at radius 1 is 0.963 bits per heavy atom. The van der Waals surface area contributed by atoms with Crippen molar-refractivity contribution in [2.45, 2.75) is 6.92 Å². The molecule has 0 bridgehead atoms. The van der Waals surface area contributed by atoms with Crippen LogP contribution in [0.2, 0.25) is 0 Å². The van der Waals surface area contributed by atoms with Gasteiger partial charge < -0.3 is 19.5 Å². The molecule has 3 rings (SSSR count). The summed E-state index contributed by atoms with van der Waals surface area (Å²) in [6.07, 6.45) is 1.74. The van der Waals surface area contributed by atoms with Crippen molar-refractivity contribution in [3.63, 3.8) is 0 Å². The minimum atomic E-state index is -0.243. The van der Waals surface area contributed by atoms with E-state index in [0.717, 1.165) is 11.4 Å². The minimum absolute atomic E-state index is 0.243. The maximum Gasteiger partial charge on any atom is 0.255 e. The van der Waals surface area contributed by atoms with Crippen LogP contribution in [-0.4, -0.2) is 37.0 Å². The van der Waals surface area contributed by atoms with E-state index in [1.165, 1.54) is 21.3 Å². The number of benzene rings is 2. The van der Waals surface area contributed by atoms with Crippen LogP contribution < -0.4 is 19.5 Å². The van der Waals surface area contributed by atoms with Gasteiger partial charge in [-0.1, -0.05) is 0 Å². The van der Waals surface area contributed by atoms with Crippen LogP contribution in [0, 0.1) is 6.92 Å². The maximum absolute atomic E-state index is 12.6. The molecule has 3 aromatic rings. The number of hydrogen-bond acceptors (Lipinski definition) is 5. The lowest BCUT2D eigenvalue weighted by molar-refractivity contribution is 0.102. The summed E-state index contributed by atoms with van der Waals surface area (Å²) in [6.45, 7) is 1.97. The topological polar surface area (TPSA) is 74.6 Å². The van der Waals surface area contributed by atoms with Gasteiger partial charge >= 0.3 is 0 Å². The predicted octanol–water partition coefficient (Wildman–Crippen LogP) is 3.46. The van der Waals surface area contributed by atoms with E-state index in [1.54, 1.807) is 35.1 Å². The molecule has 1 N–H and O–H groups in total. The van der Waals surface area contributed by atoms with Crippen molar-refractivity contribution in [2.24, 2.45) is 0 Å². The fourth-order valence-corrected chi connectivity index (χ4v) is 2.75. The Bertz CT molecular complexity index is 923. The molecule has 0 aliphatic rings. The number of aromatic nitrogens is 2. The standard InChI is InChI=1S/C20H21N3O4/c1-13-9-10-21-23(13)16-7-5-14(6-8-16)20(24)22-15-11-17(25-2)19(27-4)18(12-15)26-3/h5-12H,1-4H3,(H,22,24). The molecule has 7 heteroatoms. The summed E-state index contributed by atoms with van der Waals surface area (Å²) in [4.78, 5) is 12.6. The molecule has 0 unspecified atom stereocenters. The first-order valence-electron chi connectivity index (χ1n) is 8.29. The normalized spacial score (nSPS) is 10.4. The number of nitrogens with zero attached hydrogens (tertiary/aromatic N) is 2. The second-order valence-corrected chi connectivity index (χ2v) is 5.80. The second kappa shape index (κ2) is 7.82. The summed E-state index contributed by atoms with van der Waals surface area (Å²) in [5.41, 5.74) is 2.98. The van der Waals surface area contributed by atoms with Crippen molar-refractivity contribution in [1.29, 1.82) is 0 Å². The number of carbonyl (C=O) groups excluding carboxylic acids is 1. The van der Waals surface area contributed by atoms with Gasteiger partial charge in [0.25, 0.3) is 5.91 Å². The summed E-state index contributed by atoms with van der Waals surface area (Å²) in [7, 11) is 4.58. The number of ether oxygens (including phenoxy) is 3. The van der Waals surface area contributed by atoms with Crippen LogP contribution in [0.4, 0.5) is 5.69 Å². The molecule has 2 aromatic carbocycles. The van der Waals surface area contributed by atoms with Crippen molar-refractivity contribution < 1.29 is 19.0 Å². The summed E-state index contributed by atoms with van der Waals surface area (Å²) in [5, 5.41) is 7.11. The number of anilines is 1. The Labute approximate surface area is 157 Å².